The van der Waals surface area contributed by atoms with E-state index in [1.54, 1.807) is 0 Å². The van der Waals surface area contributed by atoms with Gasteiger partial charge in [-0.2, -0.15) is 0 Å². The highest BCUT2D eigenvalue weighted by Gasteiger charge is 2.20. The molecular weight excluding hydrogens is 240 g/mol. The van der Waals surface area contributed by atoms with Crippen molar-refractivity contribution < 1.29 is 9.47 Å². The molecule has 0 spiro atoms. The highest BCUT2D eigenvalue weighted by Crippen LogP contribution is 2.31. The van der Waals surface area contributed by atoms with Crippen LogP contribution in [0.1, 0.15) is 18.4 Å². The van der Waals surface area contributed by atoms with E-state index in [0.29, 0.717) is 0 Å². The summed E-state index contributed by atoms with van der Waals surface area (Å²) in [5.74, 6) is 1.85. The molecule has 1 aromatic rings. The summed E-state index contributed by atoms with van der Waals surface area (Å²) >= 11 is 0. The lowest BCUT2D eigenvalue weighted by molar-refractivity contribution is 0.126. The van der Waals surface area contributed by atoms with Gasteiger partial charge in [-0.05, 0) is 24.8 Å². The maximum Gasteiger partial charge on any atom is 0.146 e. The maximum atomic E-state index is 5.74. The lowest BCUT2D eigenvalue weighted by atomic mass is 10.1. The van der Waals surface area contributed by atoms with Gasteiger partial charge in [0, 0.05) is 31.8 Å². The van der Waals surface area contributed by atoms with Crippen LogP contribution in [-0.2, 0) is 11.3 Å². The average Bonchev–Trinajstić information content (AvgIpc) is 3.27. The first-order valence-electron chi connectivity index (χ1n) is 7.20. The standard InChI is InChI=1S/C15H22N2O2/c1-2-13(15-14(3-1)17-7-9-19-15)10-16-6-8-18-11-12-4-5-12/h1-3,12,16-17H,4-11H2. The Balaban J connectivity index is 1.41. The van der Waals surface area contributed by atoms with Crippen molar-refractivity contribution in [2.24, 2.45) is 5.92 Å². The molecule has 0 aromatic heterocycles. The van der Waals surface area contributed by atoms with E-state index in [1.165, 1.54) is 18.4 Å². The minimum absolute atomic E-state index is 0.745. The summed E-state index contributed by atoms with van der Waals surface area (Å²) in [5.41, 5.74) is 2.32. The monoisotopic (exact) mass is 262 g/mol. The number of rotatable bonds is 7. The van der Waals surface area contributed by atoms with Crippen LogP contribution in [0.25, 0.3) is 0 Å². The van der Waals surface area contributed by atoms with Gasteiger partial charge in [-0.25, -0.2) is 0 Å². The van der Waals surface area contributed by atoms with E-state index in [9.17, 15) is 0 Å². The van der Waals surface area contributed by atoms with E-state index in [4.69, 9.17) is 9.47 Å². The molecule has 0 unspecified atom stereocenters. The van der Waals surface area contributed by atoms with Gasteiger partial charge >= 0.3 is 0 Å². The molecule has 1 aliphatic heterocycles. The summed E-state index contributed by atoms with van der Waals surface area (Å²) in [4.78, 5) is 0. The minimum Gasteiger partial charge on any atom is -0.489 e. The highest BCUT2D eigenvalue weighted by atomic mass is 16.5. The highest BCUT2D eigenvalue weighted by molar-refractivity contribution is 5.61. The largest absolute Gasteiger partial charge is 0.489 e. The van der Waals surface area contributed by atoms with Gasteiger partial charge in [-0.1, -0.05) is 12.1 Å². The Bertz CT molecular complexity index is 419. The minimum atomic E-state index is 0.745. The molecule has 0 saturated heterocycles. The molecule has 0 amide bonds. The summed E-state index contributed by atoms with van der Waals surface area (Å²) < 4.78 is 11.3. The third kappa shape index (κ3) is 3.61. The van der Waals surface area contributed by atoms with Crippen LogP contribution in [-0.4, -0.2) is 32.9 Å². The normalized spacial score (nSPS) is 17.5. The van der Waals surface area contributed by atoms with E-state index in [2.05, 4.69) is 28.8 Å². The van der Waals surface area contributed by atoms with Crippen LogP contribution in [0.5, 0.6) is 5.75 Å². The second-order valence-corrected chi connectivity index (χ2v) is 5.26. The molecule has 4 heteroatoms. The second kappa shape index (κ2) is 6.26. The third-order valence-corrected chi connectivity index (χ3v) is 3.55. The molecule has 1 aromatic carbocycles. The smallest absolute Gasteiger partial charge is 0.146 e. The van der Waals surface area contributed by atoms with Crippen LogP contribution in [0.2, 0.25) is 0 Å². The summed E-state index contributed by atoms with van der Waals surface area (Å²) in [6.45, 7) is 5.09. The number of fused-ring (bicyclic) bond motifs is 1. The number of para-hydroxylation sites is 1. The molecule has 0 bridgehead atoms. The van der Waals surface area contributed by atoms with Crippen LogP contribution in [0.4, 0.5) is 5.69 Å². The average molecular weight is 262 g/mol. The van der Waals surface area contributed by atoms with Gasteiger partial charge in [-0.3, -0.25) is 0 Å². The number of hydrogen-bond acceptors (Lipinski definition) is 4. The van der Waals surface area contributed by atoms with Gasteiger partial charge in [-0.15, -0.1) is 0 Å². The second-order valence-electron chi connectivity index (χ2n) is 5.26. The quantitative estimate of drug-likeness (QED) is 0.738. The lowest BCUT2D eigenvalue weighted by Crippen LogP contribution is -2.23. The Kier molecular flexibility index (Phi) is 4.20. The molecule has 19 heavy (non-hydrogen) atoms. The van der Waals surface area contributed by atoms with Crippen molar-refractivity contribution in [3.63, 3.8) is 0 Å². The SMILES string of the molecule is c1cc(CNCCOCC2CC2)c2c(c1)NCCO2. The molecule has 3 rings (SSSR count). The number of hydrogen-bond donors (Lipinski definition) is 2. The Labute approximate surface area is 114 Å². The zero-order valence-corrected chi connectivity index (χ0v) is 11.3. The summed E-state index contributed by atoms with van der Waals surface area (Å²) in [7, 11) is 0. The molecule has 104 valence electrons. The van der Waals surface area contributed by atoms with Crippen molar-refractivity contribution >= 4 is 5.69 Å². The topological polar surface area (TPSA) is 42.5 Å². The van der Waals surface area contributed by atoms with Crippen molar-refractivity contribution in [3.8, 4) is 5.75 Å². The van der Waals surface area contributed by atoms with Crippen LogP contribution < -0.4 is 15.4 Å². The van der Waals surface area contributed by atoms with Gasteiger partial charge in [0.05, 0.1) is 12.3 Å². The van der Waals surface area contributed by atoms with Gasteiger partial charge in [0.15, 0.2) is 0 Å². The van der Waals surface area contributed by atoms with Crippen molar-refractivity contribution in [1.29, 1.82) is 0 Å². The van der Waals surface area contributed by atoms with Crippen LogP contribution in [0.3, 0.4) is 0 Å². The molecular formula is C15H22N2O2. The van der Waals surface area contributed by atoms with Crippen molar-refractivity contribution in [3.05, 3.63) is 23.8 Å². The van der Waals surface area contributed by atoms with Crippen molar-refractivity contribution in [2.45, 2.75) is 19.4 Å². The summed E-state index contributed by atoms with van der Waals surface area (Å²) in [6.07, 6.45) is 2.71. The van der Waals surface area contributed by atoms with E-state index in [1.807, 2.05) is 0 Å². The Hall–Kier alpha value is -1.26. The fourth-order valence-electron chi connectivity index (χ4n) is 2.27. The number of benzene rings is 1. The number of nitrogens with one attached hydrogen (secondary N) is 2. The Morgan fingerprint density at radius 1 is 1.37 bits per heavy atom. The van der Waals surface area contributed by atoms with Crippen LogP contribution in [0.15, 0.2) is 18.2 Å². The number of ether oxygens (including phenoxy) is 2. The first-order valence-corrected chi connectivity index (χ1v) is 7.20. The van der Waals surface area contributed by atoms with E-state index in [0.717, 1.165) is 56.8 Å². The molecule has 1 aliphatic carbocycles. The van der Waals surface area contributed by atoms with Gasteiger partial charge in [0.1, 0.15) is 12.4 Å². The maximum absolute atomic E-state index is 5.74. The molecule has 1 heterocycles. The van der Waals surface area contributed by atoms with Gasteiger partial charge in [0.2, 0.25) is 0 Å². The molecule has 2 N–H and O–H groups in total. The predicted octanol–water partition coefficient (Wildman–Crippen LogP) is 2.01. The number of anilines is 1. The van der Waals surface area contributed by atoms with Gasteiger partial charge in [0.25, 0.3) is 0 Å². The van der Waals surface area contributed by atoms with E-state index in [-0.39, 0.29) is 0 Å². The zero-order chi connectivity index (χ0) is 12.9. The van der Waals surface area contributed by atoms with E-state index >= 15 is 0 Å². The molecule has 0 atom stereocenters. The first-order chi connectivity index (χ1) is 9.43. The molecule has 2 aliphatic rings. The molecule has 4 nitrogen and oxygen atoms in total. The Morgan fingerprint density at radius 2 is 2.32 bits per heavy atom. The summed E-state index contributed by atoms with van der Waals surface area (Å²) in [5, 5.41) is 6.77. The fourth-order valence-corrected chi connectivity index (χ4v) is 2.27. The molecule has 0 radical (unpaired) electrons. The third-order valence-electron chi connectivity index (χ3n) is 3.55. The van der Waals surface area contributed by atoms with E-state index < -0.39 is 0 Å². The van der Waals surface area contributed by atoms with Gasteiger partial charge < -0.3 is 20.1 Å². The van der Waals surface area contributed by atoms with Crippen LogP contribution in [0, 0.1) is 5.92 Å². The summed E-state index contributed by atoms with van der Waals surface area (Å²) in [6, 6.07) is 6.25. The van der Waals surface area contributed by atoms with Crippen molar-refractivity contribution in [1.82, 2.24) is 5.32 Å². The Morgan fingerprint density at radius 3 is 3.21 bits per heavy atom. The lowest BCUT2D eigenvalue weighted by Gasteiger charge is -2.21. The molecule has 1 saturated carbocycles. The fraction of sp³-hybridized carbons (Fsp3) is 0.600. The zero-order valence-electron chi connectivity index (χ0n) is 11.3. The van der Waals surface area contributed by atoms with Crippen LogP contribution >= 0.6 is 0 Å². The first kappa shape index (κ1) is 12.8. The van der Waals surface area contributed by atoms with Crippen molar-refractivity contribution in [2.75, 3.05) is 38.2 Å². The molecule has 1 fully saturated rings. The predicted molar refractivity (Wildman–Crippen MR) is 75.7 cm³/mol.